The number of rotatable bonds is 2. The van der Waals surface area contributed by atoms with Gasteiger partial charge in [-0.15, -0.1) is 0 Å². The number of likely N-dealkylation sites (tertiary alicyclic amines) is 1. The van der Waals surface area contributed by atoms with Crippen molar-refractivity contribution in [1.82, 2.24) is 9.21 Å². The molecule has 3 heterocycles. The van der Waals surface area contributed by atoms with Crippen LogP contribution in [-0.2, 0) is 14.8 Å². The summed E-state index contributed by atoms with van der Waals surface area (Å²) in [5.74, 6) is 0. The maximum absolute atomic E-state index is 12.6. The molecule has 0 unspecified atom stereocenters. The van der Waals surface area contributed by atoms with Crippen molar-refractivity contribution in [2.45, 2.75) is 30.3 Å². The van der Waals surface area contributed by atoms with Crippen molar-refractivity contribution in [3.63, 3.8) is 0 Å². The van der Waals surface area contributed by atoms with E-state index in [0.29, 0.717) is 32.6 Å². The third kappa shape index (κ3) is 2.32. The number of para-hydroxylation sites is 1. The van der Waals surface area contributed by atoms with Crippen molar-refractivity contribution in [2.75, 3.05) is 31.5 Å². The number of sulfonamides is 1. The number of likely N-dealkylation sites (N-methyl/N-ethyl adjacent to an activating group) is 1. The lowest BCUT2D eigenvalue weighted by atomic mass is 9.99. The van der Waals surface area contributed by atoms with E-state index in [0.717, 1.165) is 5.69 Å². The summed E-state index contributed by atoms with van der Waals surface area (Å²) < 4.78 is 32.8. The summed E-state index contributed by atoms with van der Waals surface area (Å²) in [6, 6.07) is 9.05. The van der Waals surface area contributed by atoms with Gasteiger partial charge in [-0.05, 0) is 18.6 Å². The first-order valence-electron chi connectivity index (χ1n) is 8.22. The van der Waals surface area contributed by atoms with Crippen LogP contribution in [0.25, 0.3) is 0 Å². The molecule has 0 aromatic heterocycles. The minimum absolute atomic E-state index is 0.207. The monoisotopic (exact) mass is 351 g/mol. The summed E-state index contributed by atoms with van der Waals surface area (Å²) in [6.45, 7) is 3.34. The van der Waals surface area contributed by atoms with Gasteiger partial charge in [0.25, 0.3) is 0 Å². The van der Waals surface area contributed by atoms with Crippen LogP contribution in [0.2, 0.25) is 0 Å². The van der Waals surface area contributed by atoms with Crippen LogP contribution >= 0.6 is 0 Å². The third-order valence-electron chi connectivity index (χ3n) is 5.18. The van der Waals surface area contributed by atoms with Gasteiger partial charge in [-0.3, -0.25) is 0 Å². The number of morpholine rings is 1. The normalized spacial score (nSPS) is 34.1. The molecule has 1 N–H and O–H groups in total. The van der Waals surface area contributed by atoms with E-state index >= 15 is 0 Å². The van der Waals surface area contributed by atoms with Crippen LogP contribution < -0.4 is 5.32 Å². The van der Waals surface area contributed by atoms with Crippen LogP contribution in [0.1, 0.15) is 13.3 Å². The van der Waals surface area contributed by atoms with Gasteiger partial charge >= 0.3 is 6.03 Å². The number of amides is 2. The zero-order valence-corrected chi connectivity index (χ0v) is 14.3. The van der Waals surface area contributed by atoms with Crippen molar-refractivity contribution in [2.24, 2.45) is 0 Å². The van der Waals surface area contributed by atoms with Crippen LogP contribution in [0.4, 0.5) is 10.5 Å². The minimum atomic E-state index is -3.34. The lowest BCUT2D eigenvalue weighted by Crippen LogP contribution is -2.57. The highest BCUT2D eigenvalue weighted by Crippen LogP contribution is 2.46. The van der Waals surface area contributed by atoms with Crippen LogP contribution in [-0.4, -0.2) is 66.8 Å². The number of nitrogens with one attached hydrogen (secondary N) is 1. The molecule has 130 valence electrons. The van der Waals surface area contributed by atoms with Gasteiger partial charge in [0.15, 0.2) is 0 Å². The Hall–Kier alpha value is -1.64. The first kappa shape index (κ1) is 15.9. The topological polar surface area (TPSA) is 79.0 Å². The van der Waals surface area contributed by atoms with Crippen molar-refractivity contribution >= 4 is 21.7 Å². The quantitative estimate of drug-likeness (QED) is 0.865. The molecule has 3 aliphatic heterocycles. The molecule has 2 amide bonds. The second kappa shape index (κ2) is 5.44. The van der Waals surface area contributed by atoms with E-state index in [1.54, 1.807) is 4.90 Å². The van der Waals surface area contributed by atoms with E-state index in [4.69, 9.17) is 4.74 Å². The molecule has 4 rings (SSSR count). The Bertz CT molecular complexity index is 754. The number of benzene rings is 1. The van der Waals surface area contributed by atoms with Crippen molar-refractivity contribution in [1.29, 1.82) is 0 Å². The number of nitrogens with zero attached hydrogens (tertiary/aromatic N) is 2. The van der Waals surface area contributed by atoms with Crippen molar-refractivity contribution < 1.29 is 17.9 Å². The van der Waals surface area contributed by atoms with Gasteiger partial charge in [-0.25, -0.2) is 13.2 Å². The Labute approximate surface area is 141 Å². The number of hydrogen-bond donors (Lipinski definition) is 1. The Kier molecular flexibility index (Phi) is 3.59. The number of urea groups is 1. The van der Waals surface area contributed by atoms with Gasteiger partial charge in [-0.2, -0.15) is 4.31 Å². The van der Waals surface area contributed by atoms with Gasteiger partial charge in [0.1, 0.15) is 10.9 Å². The number of fused-ring (bicyclic) bond motifs is 1. The molecule has 1 aromatic carbocycles. The molecule has 1 spiro atoms. The van der Waals surface area contributed by atoms with Crippen LogP contribution in [0, 0.1) is 0 Å². The van der Waals surface area contributed by atoms with E-state index in [1.165, 1.54) is 4.31 Å². The highest BCUT2D eigenvalue weighted by Gasteiger charge is 2.65. The fourth-order valence-electron chi connectivity index (χ4n) is 4.11. The fraction of sp³-hybridized carbons (Fsp3) is 0.562. The molecule has 3 aliphatic rings. The Morgan fingerprint density at radius 1 is 1.33 bits per heavy atom. The second-order valence-electron chi connectivity index (χ2n) is 6.68. The van der Waals surface area contributed by atoms with Gasteiger partial charge in [0.2, 0.25) is 10.0 Å². The van der Waals surface area contributed by atoms with Crippen LogP contribution in [0.3, 0.4) is 0 Å². The first-order chi connectivity index (χ1) is 11.4. The molecular weight excluding hydrogens is 330 g/mol. The molecule has 2 bridgehead atoms. The molecule has 0 aliphatic carbocycles. The lowest BCUT2D eigenvalue weighted by molar-refractivity contribution is -0.0940. The number of hydrogen-bond acceptors (Lipinski definition) is 4. The van der Waals surface area contributed by atoms with E-state index < -0.39 is 20.9 Å². The maximum Gasteiger partial charge on any atom is 0.322 e. The summed E-state index contributed by atoms with van der Waals surface area (Å²) in [6.07, 6.45) is 0.257. The van der Waals surface area contributed by atoms with Crippen molar-refractivity contribution in [3.05, 3.63) is 30.3 Å². The summed E-state index contributed by atoms with van der Waals surface area (Å²) >= 11 is 0. The maximum atomic E-state index is 12.6. The number of carbonyl (C=O) groups excluding carboxylic acids is 1. The molecule has 3 saturated heterocycles. The van der Waals surface area contributed by atoms with Gasteiger partial charge in [0, 0.05) is 25.3 Å². The number of carbonyl (C=O) groups is 1. The largest absolute Gasteiger partial charge is 0.365 e. The number of ether oxygens (including phenoxy) is 1. The first-order valence-corrected chi connectivity index (χ1v) is 9.73. The minimum Gasteiger partial charge on any atom is -0.365 e. The summed E-state index contributed by atoms with van der Waals surface area (Å²) in [5.41, 5.74) is -0.0594. The van der Waals surface area contributed by atoms with Gasteiger partial charge in [-0.1, -0.05) is 25.1 Å². The molecule has 8 heteroatoms. The fourth-order valence-corrected chi connectivity index (χ4v) is 6.44. The summed E-state index contributed by atoms with van der Waals surface area (Å²) in [4.78, 5) is 14.3. The van der Waals surface area contributed by atoms with E-state index in [2.05, 4.69) is 5.32 Å². The average Bonchev–Trinajstić information content (AvgIpc) is 2.94. The molecule has 3 atom stereocenters. The summed E-state index contributed by atoms with van der Waals surface area (Å²) in [5, 5.41) is 2.33. The zero-order chi connectivity index (χ0) is 16.9. The Morgan fingerprint density at radius 2 is 2.08 bits per heavy atom. The van der Waals surface area contributed by atoms with Crippen LogP contribution in [0.5, 0.6) is 0 Å². The van der Waals surface area contributed by atoms with E-state index in [9.17, 15) is 13.2 Å². The molecule has 24 heavy (non-hydrogen) atoms. The molecule has 3 fully saturated rings. The molecule has 0 radical (unpaired) electrons. The SMILES string of the molecule is CCN1C[C@@]23CN(C(=O)Nc4ccccc4)C[C@@H](C[C@@H]2S1(=O)=O)O3. The molecular formula is C16H21N3O4S. The number of anilines is 1. The zero-order valence-electron chi connectivity index (χ0n) is 13.5. The smallest absolute Gasteiger partial charge is 0.322 e. The van der Waals surface area contributed by atoms with Crippen LogP contribution in [0.15, 0.2) is 30.3 Å². The summed E-state index contributed by atoms with van der Waals surface area (Å²) in [7, 11) is -3.34. The predicted molar refractivity (Wildman–Crippen MR) is 89.2 cm³/mol. The van der Waals surface area contributed by atoms with E-state index in [-0.39, 0.29) is 12.1 Å². The third-order valence-corrected chi connectivity index (χ3v) is 7.62. The van der Waals surface area contributed by atoms with Crippen molar-refractivity contribution in [3.8, 4) is 0 Å². The highest BCUT2D eigenvalue weighted by atomic mass is 32.2. The molecule has 7 nitrogen and oxygen atoms in total. The molecule has 0 saturated carbocycles. The highest BCUT2D eigenvalue weighted by molar-refractivity contribution is 7.90. The second-order valence-corrected chi connectivity index (χ2v) is 8.79. The van der Waals surface area contributed by atoms with Gasteiger partial charge < -0.3 is 15.0 Å². The Morgan fingerprint density at radius 3 is 2.79 bits per heavy atom. The molecule has 1 aromatic rings. The lowest BCUT2D eigenvalue weighted by Gasteiger charge is -2.39. The standard InChI is InChI=1S/C16H21N3O4S/c1-2-19-11-16-10-18(15(20)17-12-6-4-3-5-7-12)9-13(23-16)8-14(16)24(19,21)22/h3-7,13-14H,2,8-11H2,1H3,(H,17,20)/t13-,14+,16+/m1/s1. The predicted octanol–water partition coefficient (Wildman–Crippen LogP) is 1.10. The average molecular weight is 351 g/mol. The Balaban J connectivity index is 1.55. The van der Waals surface area contributed by atoms with E-state index in [1.807, 2.05) is 37.3 Å². The van der Waals surface area contributed by atoms with Gasteiger partial charge in [0.05, 0.1) is 12.6 Å².